The van der Waals surface area contributed by atoms with Crippen LogP contribution in [-0.2, 0) is 91.1 Å². The molecule has 0 rings (SSSR count). The Kier molecular flexibility index (Phi) is 50.7. The fraction of sp³-hybridized carbons (Fsp3) is 0.691. The summed E-state index contributed by atoms with van der Waals surface area (Å²) in [5, 5.41) is 104. The Morgan fingerprint density at radius 3 is 1.01 bits per heavy atom. The number of amides is 17. The number of rotatable bonds is 59. The van der Waals surface area contributed by atoms with Crippen molar-refractivity contribution in [3.63, 3.8) is 0 Å². The summed E-state index contributed by atoms with van der Waals surface area (Å²) >= 11 is 4.22. The maximum absolute atomic E-state index is 14.3. The summed E-state index contributed by atoms with van der Waals surface area (Å²) in [6, 6.07) is -27.4. The first-order valence-electron chi connectivity index (χ1n) is 38.0. The molecule has 0 aliphatic heterocycles. The number of nitrogens with two attached hydrogens (primary N) is 8. The van der Waals surface area contributed by atoms with Crippen LogP contribution in [0.3, 0.4) is 0 Å². The Balaban J connectivity index is 6.72. The second kappa shape index (κ2) is 56.1. The number of unbranched alkanes of at least 4 members (excludes halogenated alkanes) is 1. The van der Waals surface area contributed by atoms with E-state index in [4.69, 9.17) is 51.0 Å². The van der Waals surface area contributed by atoms with Crippen LogP contribution >= 0.6 is 12.6 Å². The van der Waals surface area contributed by atoms with Crippen molar-refractivity contribution in [2.75, 3.05) is 38.6 Å². The van der Waals surface area contributed by atoms with Crippen LogP contribution in [-0.4, -0.2) is 314 Å². The molecule has 0 aromatic carbocycles. The van der Waals surface area contributed by atoms with Gasteiger partial charge in [-0.2, -0.15) is 12.6 Å². The summed E-state index contributed by atoms with van der Waals surface area (Å²) < 4.78 is 0. The van der Waals surface area contributed by atoms with Crippen LogP contribution < -0.4 is 126 Å². The van der Waals surface area contributed by atoms with Gasteiger partial charge in [-0.1, -0.05) is 13.8 Å². The molecule has 0 aromatic rings. The van der Waals surface area contributed by atoms with Gasteiger partial charge in [-0.15, -0.1) is 0 Å². The third-order valence-corrected chi connectivity index (χ3v) is 17.7. The van der Waals surface area contributed by atoms with Crippen LogP contribution in [0.2, 0.25) is 0 Å². The Morgan fingerprint density at radius 2 is 0.642 bits per heavy atom. The molecule has 0 saturated carbocycles. The molecule has 0 aliphatic rings. The van der Waals surface area contributed by atoms with Gasteiger partial charge in [0.15, 0.2) is 11.9 Å². The van der Waals surface area contributed by atoms with Gasteiger partial charge in [0.25, 0.3) is 0 Å². The number of hydrogen-bond donors (Lipinski definition) is 31. The standard InChI is InChI=1S/C68H121N25O26S/c1-28(2)23-40(86-52(104)30(4)80-63(115)48(32(6)96)91-57(109)37(15-12-22-78-68(75)76)82-54(106)35(70)13-11-21-77-67(73)74)59(111)85-38(16-18-45(71)99)56(108)90-44(27-120)62(114)83-36(14-9-10-20-69)55(107)84-39(17-19-46(72)100)58(110)92-50(34(8)98)65(117)93-49(33(7)97)64(116)81-31(5)53(105)88-42(25-94)61(113)79-29(3)51(103)87-41(24-47(101)102)60(112)89-43(26-95)66(118)119/h28-44,48-50,94-98,120H,9-27,69-70H2,1-8H3,(H2,71,99)(H2,72,100)(H,79,113)(H,80,115)(H,81,116)(H,82,106)(H,83,114)(H,84,107)(H,85,111)(H,86,104)(H,87,103)(H,88,105)(H,89,112)(H,90,108)(H,91,109)(H,92,110)(H,93,117)(H,101,102)(H,118,119)(H4,73,74,77)(H4,75,76,78)/t29-,30-,31-,32+,33+,34+,35-,36-,37-,38-,39-,40-,41-,42-,43-,44-,48-,49-,50-/m0/s1. The number of carboxylic acid groups (broad SMARTS) is 2. The maximum atomic E-state index is 14.3. The minimum atomic E-state index is -2.08. The topological polar surface area (TPSA) is 879 Å². The number of carbonyl (C=O) groups is 19. The molecule has 0 aliphatic carbocycles. The second-order valence-corrected chi connectivity index (χ2v) is 28.7. The molecule has 0 spiro atoms. The normalized spacial score (nSPS) is 15.8. The molecule has 19 atom stereocenters. The van der Waals surface area contributed by atoms with Crippen molar-refractivity contribution in [3.8, 4) is 0 Å². The van der Waals surface area contributed by atoms with E-state index >= 15 is 0 Å². The number of nitrogens with one attached hydrogen (secondary N) is 15. The number of nitrogens with zero attached hydrogens (tertiary/aromatic N) is 2. The van der Waals surface area contributed by atoms with Gasteiger partial charge in [0.1, 0.15) is 90.6 Å². The predicted octanol–water partition coefficient (Wildman–Crippen LogP) is -14.9. The van der Waals surface area contributed by atoms with Gasteiger partial charge in [-0.3, -0.25) is 96.3 Å². The molecule has 120 heavy (non-hydrogen) atoms. The van der Waals surface area contributed by atoms with E-state index in [2.05, 4.69) is 91.7 Å². The van der Waals surface area contributed by atoms with Crippen LogP contribution in [0.4, 0.5) is 0 Å². The Labute approximate surface area is 695 Å². The molecule has 38 N–H and O–H groups in total. The van der Waals surface area contributed by atoms with E-state index in [0.717, 1.165) is 34.6 Å². The van der Waals surface area contributed by atoms with E-state index in [-0.39, 0.29) is 88.8 Å². The zero-order valence-electron chi connectivity index (χ0n) is 67.8. The van der Waals surface area contributed by atoms with Gasteiger partial charge >= 0.3 is 11.9 Å². The second-order valence-electron chi connectivity index (χ2n) is 28.3. The van der Waals surface area contributed by atoms with Crippen LogP contribution in [0.5, 0.6) is 0 Å². The van der Waals surface area contributed by atoms with Crippen molar-refractivity contribution < 1.29 is 127 Å². The maximum Gasteiger partial charge on any atom is 0.328 e. The van der Waals surface area contributed by atoms with Crippen LogP contribution in [0, 0.1) is 5.92 Å². The van der Waals surface area contributed by atoms with Crippen molar-refractivity contribution in [1.82, 2.24) is 79.8 Å². The molecule has 0 fully saturated rings. The number of aliphatic hydroxyl groups excluding tert-OH is 5. The van der Waals surface area contributed by atoms with Gasteiger partial charge < -0.3 is 161 Å². The summed E-state index contributed by atoms with van der Waals surface area (Å²) in [6.07, 6.45) is -8.42. The first-order valence-corrected chi connectivity index (χ1v) is 38.6. The number of aliphatic carboxylic acids is 2. The van der Waals surface area contributed by atoms with Gasteiger partial charge in [-0.25, -0.2) is 4.79 Å². The van der Waals surface area contributed by atoms with E-state index < -0.39 is 278 Å². The van der Waals surface area contributed by atoms with E-state index in [0.29, 0.717) is 0 Å². The quantitative estimate of drug-likeness (QED) is 0.0116. The number of aliphatic hydroxyl groups is 5. The number of thiol groups is 1. The molecule has 0 bridgehead atoms. The molecule has 52 heteroatoms. The average molecular weight is 1740 g/mol. The molecule has 17 amide bonds. The number of primary amides is 2. The van der Waals surface area contributed by atoms with Crippen LogP contribution in [0.1, 0.15) is 139 Å². The van der Waals surface area contributed by atoms with Gasteiger partial charge in [0.05, 0.1) is 44.0 Å². The third kappa shape index (κ3) is 42.3. The number of aliphatic imine (C=N–C) groups is 2. The predicted molar refractivity (Wildman–Crippen MR) is 426 cm³/mol. The molecule has 51 nitrogen and oxygen atoms in total. The van der Waals surface area contributed by atoms with Gasteiger partial charge in [0.2, 0.25) is 100 Å². The summed E-state index contributed by atoms with van der Waals surface area (Å²) in [4.78, 5) is 260. The number of hydrogen-bond acceptors (Lipinski definition) is 29. The Hall–Kier alpha value is -11.5. The molecule has 0 aromatic heterocycles. The largest absolute Gasteiger partial charge is 0.481 e. The number of guanidine groups is 2. The van der Waals surface area contributed by atoms with Crippen molar-refractivity contribution in [2.24, 2.45) is 61.8 Å². The lowest BCUT2D eigenvalue weighted by Gasteiger charge is -2.29. The molecular weight excluding hydrogens is 1610 g/mol. The minimum Gasteiger partial charge on any atom is -0.481 e. The molecule has 0 radical (unpaired) electrons. The lowest BCUT2D eigenvalue weighted by atomic mass is 10.0. The first kappa shape index (κ1) is 109. The molecule has 0 saturated heterocycles. The highest BCUT2D eigenvalue weighted by atomic mass is 32.1. The van der Waals surface area contributed by atoms with Crippen molar-refractivity contribution in [3.05, 3.63) is 0 Å². The van der Waals surface area contributed by atoms with Crippen LogP contribution in [0.15, 0.2) is 9.98 Å². The smallest absolute Gasteiger partial charge is 0.328 e. The fourth-order valence-corrected chi connectivity index (χ4v) is 10.8. The van der Waals surface area contributed by atoms with E-state index in [9.17, 15) is 122 Å². The fourth-order valence-electron chi connectivity index (χ4n) is 10.6. The van der Waals surface area contributed by atoms with Crippen molar-refractivity contribution in [1.29, 1.82) is 0 Å². The van der Waals surface area contributed by atoms with E-state index in [1.165, 1.54) is 6.92 Å². The summed E-state index contributed by atoms with van der Waals surface area (Å²) in [7, 11) is 0. The summed E-state index contributed by atoms with van der Waals surface area (Å²) in [6.45, 7) is 7.63. The number of carboxylic acids is 2. The summed E-state index contributed by atoms with van der Waals surface area (Å²) in [5.41, 5.74) is 44.2. The zero-order chi connectivity index (χ0) is 92.1. The van der Waals surface area contributed by atoms with Crippen molar-refractivity contribution in [2.45, 2.75) is 254 Å². The van der Waals surface area contributed by atoms with Crippen LogP contribution in [0.25, 0.3) is 0 Å². The molecular formula is C68H121N25O26S. The lowest BCUT2D eigenvalue weighted by molar-refractivity contribution is -0.144. The first-order chi connectivity index (χ1) is 56.0. The summed E-state index contributed by atoms with van der Waals surface area (Å²) in [5.74, 6) is -24.1. The minimum absolute atomic E-state index is 0.0158. The molecule has 0 unspecified atom stereocenters. The van der Waals surface area contributed by atoms with E-state index in [1.54, 1.807) is 13.8 Å². The van der Waals surface area contributed by atoms with E-state index in [1.807, 2.05) is 10.6 Å². The average Bonchev–Trinajstić information content (AvgIpc) is 0.848. The SMILES string of the molecule is CC(C)C[C@H](NC(=O)[C@H](C)NC(=O)[C@@H](NC(=O)[C@H](CCCN=C(N)N)NC(=O)[C@@H](N)CCCN=C(N)N)[C@@H](C)O)C(=O)N[C@@H](CCC(N)=O)C(=O)N[C@@H](CS)C(=O)N[C@@H](CCCCN)C(=O)N[C@@H](CCC(N)=O)C(=O)N[C@H](C(=O)N[C@H](C(=O)N[C@@H](C)C(=O)N[C@@H](CO)C(=O)N[C@@H](C)C(=O)N[C@@H](CC(=O)O)C(=O)N[C@@H](CO)C(=O)O)[C@@H](C)O)[C@@H](C)O. The lowest BCUT2D eigenvalue weighted by Crippen LogP contribution is -2.63. The highest BCUT2D eigenvalue weighted by Gasteiger charge is 2.40. The van der Waals surface area contributed by atoms with Gasteiger partial charge in [0, 0.05) is 31.7 Å². The highest BCUT2D eigenvalue weighted by Crippen LogP contribution is 2.13. The third-order valence-electron chi connectivity index (χ3n) is 17.3. The van der Waals surface area contributed by atoms with Crippen molar-refractivity contribution >= 4 is 137 Å². The number of carbonyl (C=O) groups excluding carboxylic acids is 17. The zero-order valence-corrected chi connectivity index (χ0v) is 68.7. The monoisotopic (exact) mass is 1740 g/mol. The Bertz CT molecular complexity index is 3570. The molecule has 680 valence electrons. The molecule has 0 heterocycles. The Morgan fingerprint density at radius 1 is 0.342 bits per heavy atom. The van der Waals surface area contributed by atoms with Gasteiger partial charge in [-0.05, 0) is 118 Å². The highest BCUT2D eigenvalue weighted by molar-refractivity contribution is 7.80.